The monoisotopic (exact) mass is 251 g/mol. The van der Waals surface area contributed by atoms with E-state index in [1.165, 1.54) is 0 Å². The van der Waals surface area contributed by atoms with Crippen molar-refractivity contribution < 1.29 is 9.90 Å². The van der Waals surface area contributed by atoms with Crippen molar-refractivity contribution in [1.82, 2.24) is 15.1 Å². The van der Waals surface area contributed by atoms with Crippen LogP contribution in [0.15, 0.2) is 6.07 Å². The Kier molecular flexibility index (Phi) is 4.01. The first kappa shape index (κ1) is 13.1. The van der Waals surface area contributed by atoms with Gasteiger partial charge in [-0.1, -0.05) is 0 Å². The second kappa shape index (κ2) is 5.52. The molecule has 2 N–H and O–H groups in total. The summed E-state index contributed by atoms with van der Waals surface area (Å²) in [5.41, 5.74) is 1.48. The van der Waals surface area contributed by atoms with Crippen LogP contribution in [-0.4, -0.2) is 33.4 Å². The van der Waals surface area contributed by atoms with Crippen LogP contribution < -0.4 is 5.32 Å². The Morgan fingerprint density at radius 2 is 2.39 bits per heavy atom. The van der Waals surface area contributed by atoms with E-state index in [1.807, 2.05) is 19.9 Å². The Morgan fingerprint density at radius 3 is 3.00 bits per heavy atom. The van der Waals surface area contributed by atoms with Gasteiger partial charge in [0.1, 0.15) is 5.69 Å². The Labute approximate surface area is 107 Å². The molecule has 100 valence electrons. The molecule has 1 amide bonds. The smallest absolute Gasteiger partial charge is 0.269 e. The lowest BCUT2D eigenvalue weighted by Gasteiger charge is -2.11. The van der Waals surface area contributed by atoms with E-state index >= 15 is 0 Å². The maximum atomic E-state index is 12.0. The number of rotatable bonds is 4. The molecule has 0 aromatic carbocycles. The number of aromatic nitrogens is 2. The lowest BCUT2D eigenvalue weighted by atomic mass is 10.1. The summed E-state index contributed by atoms with van der Waals surface area (Å²) in [5, 5.41) is 16.6. The zero-order valence-corrected chi connectivity index (χ0v) is 11.0. The van der Waals surface area contributed by atoms with Crippen LogP contribution in [0.3, 0.4) is 0 Å². The highest BCUT2D eigenvalue weighted by molar-refractivity contribution is 5.92. The first-order chi connectivity index (χ1) is 8.60. The summed E-state index contributed by atoms with van der Waals surface area (Å²) >= 11 is 0. The number of carbonyl (C=O) groups excluding carboxylic acids is 1. The van der Waals surface area contributed by atoms with E-state index in [0.717, 1.165) is 25.0 Å². The zero-order chi connectivity index (χ0) is 13.1. The van der Waals surface area contributed by atoms with Gasteiger partial charge in [0.2, 0.25) is 0 Å². The van der Waals surface area contributed by atoms with E-state index in [1.54, 1.807) is 4.68 Å². The van der Waals surface area contributed by atoms with E-state index < -0.39 is 0 Å². The molecule has 1 fully saturated rings. The molecule has 0 spiro atoms. The Morgan fingerprint density at radius 1 is 1.61 bits per heavy atom. The normalized spacial score (nSPS) is 23.3. The lowest BCUT2D eigenvalue weighted by molar-refractivity contribution is 0.0934. The Bertz CT molecular complexity index is 428. The molecule has 2 unspecified atom stereocenters. The maximum Gasteiger partial charge on any atom is 0.269 e. The number of hydrogen-bond donors (Lipinski definition) is 2. The van der Waals surface area contributed by atoms with Crippen molar-refractivity contribution in [3.63, 3.8) is 0 Å². The summed E-state index contributed by atoms with van der Waals surface area (Å²) in [6.07, 6.45) is 2.46. The molecule has 1 saturated carbocycles. The molecule has 0 radical (unpaired) electrons. The number of aliphatic hydroxyl groups excluding tert-OH is 1. The largest absolute Gasteiger partial charge is 0.393 e. The van der Waals surface area contributed by atoms with E-state index in [4.69, 9.17) is 0 Å². The number of aryl methyl sites for hydroxylation is 2. The summed E-state index contributed by atoms with van der Waals surface area (Å²) in [7, 11) is 0. The Hall–Kier alpha value is -1.36. The molecule has 1 aromatic rings. The average molecular weight is 251 g/mol. The van der Waals surface area contributed by atoms with Crippen LogP contribution in [0.2, 0.25) is 0 Å². The van der Waals surface area contributed by atoms with Crippen LogP contribution >= 0.6 is 0 Å². The third-order valence-corrected chi connectivity index (χ3v) is 3.50. The maximum absolute atomic E-state index is 12.0. The van der Waals surface area contributed by atoms with Gasteiger partial charge in [-0.2, -0.15) is 5.10 Å². The molecule has 2 atom stereocenters. The van der Waals surface area contributed by atoms with Crippen molar-refractivity contribution in [1.29, 1.82) is 0 Å². The van der Waals surface area contributed by atoms with Gasteiger partial charge in [-0.3, -0.25) is 9.48 Å². The highest BCUT2D eigenvalue weighted by atomic mass is 16.3. The third-order valence-electron chi connectivity index (χ3n) is 3.50. The first-order valence-electron chi connectivity index (χ1n) is 6.61. The predicted molar refractivity (Wildman–Crippen MR) is 68.3 cm³/mol. The van der Waals surface area contributed by atoms with E-state index in [0.29, 0.717) is 24.7 Å². The topological polar surface area (TPSA) is 67.2 Å². The van der Waals surface area contributed by atoms with Gasteiger partial charge in [0.15, 0.2) is 0 Å². The molecule has 0 saturated heterocycles. The fraction of sp³-hybridized carbons (Fsp3) is 0.692. The van der Waals surface area contributed by atoms with Gasteiger partial charge in [-0.25, -0.2) is 0 Å². The highest BCUT2D eigenvalue weighted by Crippen LogP contribution is 2.24. The zero-order valence-electron chi connectivity index (χ0n) is 11.0. The fourth-order valence-electron chi connectivity index (χ4n) is 2.53. The average Bonchev–Trinajstić information content (AvgIpc) is 2.92. The molecule has 1 aliphatic carbocycles. The van der Waals surface area contributed by atoms with Crippen LogP contribution in [0.1, 0.15) is 42.4 Å². The molecule has 5 heteroatoms. The quantitative estimate of drug-likeness (QED) is 0.842. The van der Waals surface area contributed by atoms with E-state index in [-0.39, 0.29) is 12.0 Å². The molecule has 0 aliphatic heterocycles. The number of hydrogen-bond acceptors (Lipinski definition) is 3. The van der Waals surface area contributed by atoms with Crippen LogP contribution in [0.25, 0.3) is 0 Å². The number of aliphatic hydroxyl groups is 1. The molecular weight excluding hydrogens is 230 g/mol. The predicted octanol–water partition coefficient (Wildman–Crippen LogP) is 1.10. The molecule has 18 heavy (non-hydrogen) atoms. The lowest BCUT2D eigenvalue weighted by Crippen LogP contribution is -2.30. The number of carbonyl (C=O) groups is 1. The summed E-state index contributed by atoms with van der Waals surface area (Å²) in [6.45, 7) is 5.19. The van der Waals surface area contributed by atoms with Gasteiger partial charge < -0.3 is 10.4 Å². The molecule has 1 aromatic heterocycles. The van der Waals surface area contributed by atoms with Crippen molar-refractivity contribution in [2.45, 2.75) is 45.8 Å². The number of nitrogens with zero attached hydrogens (tertiary/aromatic N) is 2. The number of nitrogens with one attached hydrogen (secondary N) is 1. The molecular formula is C13H21N3O2. The summed E-state index contributed by atoms with van der Waals surface area (Å²) in [6, 6.07) is 1.81. The van der Waals surface area contributed by atoms with Gasteiger partial charge in [0, 0.05) is 13.1 Å². The van der Waals surface area contributed by atoms with E-state index in [9.17, 15) is 9.90 Å². The minimum absolute atomic E-state index is 0.0705. The van der Waals surface area contributed by atoms with Crippen molar-refractivity contribution in [2.75, 3.05) is 6.54 Å². The Balaban J connectivity index is 1.91. The second-order valence-corrected chi connectivity index (χ2v) is 5.03. The van der Waals surface area contributed by atoms with Crippen molar-refractivity contribution >= 4 is 5.91 Å². The third kappa shape index (κ3) is 2.90. The van der Waals surface area contributed by atoms with Gasteiger partial charge in [0.05, 0.1) is 11.8 Å². The first-order valence-corrected chi connectivity index (χ1v) is 6.61. The van der Waals surface area contributed by atoms with E-state index in [2.05, 4.69) is 10.4 Å². The van der Waals surface area contributed by atoms with Crippen molar-refractivity contribution in [2.24, 2.45) is 5.92 Å². The van der Waals surface area contributed by atoms with Crippen LogP contribution in [0.5, 0.6) is 0 Å². The highest BCUT2D eigenvalue weighted by Gasteiger charge is 2.23. The molecule has 0 bridgehead atoms. The standard InChI is InChI=1S/C13H21N3O2/c1-3-16-12(6-9(2)15-16)13(18)14-8-10-4-5-11(17)7-10/h6,10-11,17H,3-5,7-8H2,1-2H3,(H,14,18). The fourth-order valence-corrected chi connectivity index (χ4v) is 2.53. The molecule has 1 aliphatic rings. The van der Waals surface area contributed by atoms with Gasteiger partial charge in [-0.05, 0) is 45.1 Å². The SMILES string of the molecule is CCn1nc(C)cc1C(=O)NCC1CCC(O)C1. The van der Waals surface area contributed by atoms with Crippen molar-refractivity contribution in [3.05, 3.63) is 17.5 Å². The van der Waals surface area contributed by atoms with Crippen molar-refractivity contribution in [3.8, 4) is 0 Å². The number of amides is 1. The molecule has 1 heterocycles. The van der Waals surface area contributed by atoms with Gasteiger partial charge in [-0.15, -0.1) is 0 Å². The minimum Gasteiger partial charge on any atom is -0.393 e. The second-order valence-electron chi connectivity index (χ2n) is 5.03. The van der Waals surface area contributed by atoms with Crippen LogP contribution in [0, 0.1) is 12.8 Å². The summed E-state index contributed by atoms with van der Waals surface area (Å²) < 4.78 is 1.72. The van der Waals surface area contributed by atoms with Crippen LogP contribution in [-0.2, 0) is 6.54 Å². The van der Waals surface area contributed by atoms with Crippen LogP contribution in [0.4, 0.5) is 0 Å². The molecule has 5 nitrogen and oxygen atoms in total. The molecule has 2 rings (SSSR count). The van der Waals surface area contributed by atoms with Gasteiger partial charge in [0.25, 0.3) is 5.91 Å². The summed E-state index contributed by atoms with van der Waals surface area (Å²) in [4.78, 5) is 12.0. The summed E-state index contributed by atoms with van der Waals surface area (Å²) in [5.74, 6) is 0.335. The van der Waals surface area contributed by atoms with Gasteiger partial charge >= 0.3 is 0 Å². The minimum atomic E-state index is -0.185.